The summed E-state index contributed by atoms with van der Waals surface area (Å²) < 4.78 is 27.5. The molecule has 0 amide bonds. The second-order valence-electron chi connectivity index (χ2n) is 5.06. The van der Waals surface area contributed by atoms with Gasteiger partial charge in [0.05, 0.1) is 6.67 Å². The number of halogens is 2. The molecule has 0 saturated carbocycles. The van der Waals surface area contributed by atoms with E-state index in [1.165, 1.54) is 12.1 Å². The molecule has 0 fully saturated rings. The van der Waals surface area contributed by atoms with Crippen LogP contribution in [0.3, 0.4) is 0 Å². The molecule has 1 N–H and O–H groups in total. The van der Waals surface area contributed by atoms with Gasteiger partial charge in [-0.05, 0) is 42.3 Å². The highest BCUT2D eigenvalue weighted by Gasteiger charge is 2.11. The van der Waals surface area contributed by atoms with Gasteiger partial charge in [-0.1, -0.05) is 0 Å². The van der Waals surface area contributed by atoms with E-state index in [9.17, 15) is 8.78 Å². The Labute approximate surface area is 121 Å². The number of rotatable bonds is 3. The van der Waals surface area contributed by atoms with Gasteiger partial charge in [0.1, 0.15) is 17.3 Å². The van der Waals surface area contributed by atoms with Crippen LogP contribution in [0.4, 0.5) is 8.78 Å². The van der Waals surface area contributed by atoms with Crippen molar-refractivity contribution in [1.82, 2.24) is 15.2 Å². The maximum Gasteiger partial charge on any atom is 0.149 e. The summed E-state index contributed by atoms with van der Waals surface area (Å²) in [7, 11) is 0. The molecule has 0 bridgehead atoms. The lowest BCUT2D eigenvalue weighted by Gasteiger charge is -2.15. The minimum atomic E-state index is -0.394. The second kappa shape index (κ2) is 5.52. The van der Waals surface area contributed by atoms with Gasteiger partial charge in [0.15, 0.2) is 0 Å². The van der Waals surface area contributed by atoms with E-state index >= 15 is 0 Å². The first-order valence-electron chi connectivity index (χ1n) is 6.68. The normalized spacial score (nSPS) is 13.6. The molecule has 3 nitrogen and oxygen atoms in total. The average Bonchev–Trinajstić information content (AvgIpc) is 2.95. The third-order valence-electron chi connectivity index (χ3n) is 3.41. The van der Waals surface area contributed by atoms with E-state index in [1.54, 1.807) is 25.3 Å². The van der Waals surface area contributed by atoms with Crippen LogP contribution in [-0.4, -0.2) is 16.6 Å². The monoisotopic (exact) mass is 287 g/mol. The molecular weight excluding hydrogens is 272 g/mol. The first-order chi connectivity index (χ1) is 10.1. The van der Waals surface area contributed by atoms with Gasteiger partial charge < -0.3 is 10.2 Å². The van der Waals surface area contributed by atoms with Crippen molar-refractivity contribution in [1.29, 1.82) is 0 Å². The van der Waals surface area contributed by atoms with Gasteiger partial charge in [0, 0.05) is 30.7 Å². The van der Waals surface area contributed by atoms with Crippen molar-refractivity contribution in [2.24, 2.45) is 0 Å². The maximum atomic E-state index is 14.2. The second-order valence-corrected chi connectivity index (χ2v) is 5.06. The first-order valence-corrected chi connectivity index (χ1v) is 6.68. The zero-order chi connectivity index (χ0) is 14.8. The molecule has 1 aliphatic heterocycles. The number of pyridine rings is 1. The summed E-state index contributed by atoms with van der Waals surface area (Å²) in [6.07, 6.45) is 5.41. The van der Waals surface area contributed by atoms with Gasteiger partial charge in [-0.15, -0.1) is 0 Å². The molecule has 0 saturated heterocycles. The number of nitrogens with zero attached hydrogens (tertiary/aromatic N) is 2. The lowest BCUT2D eigenvalue weighted by atomic mass is 10.1. The number of benzene rings is 1. The standard InChI is InChI=1S/C16H15F2N3/c1-11-6-13(2-3-14(11)17)16-15(18)7-12(8-20-16)9-21-5-4-19-10-21/h2-8,19H,9-10H2,1H3. The fourth-order valence-corrected chi connectivity index (χ4v) is 2.29. The topological polar surface area (TPSA) is 28.2 Å². The van der Waals surface area contributed by atoms with Crippen LogP contribution >= 0.6 is 0 Å². The van der Waals surface area contributed by atoms with Crippen molar-refractivity contribution in [2.45, 2.75) is 13.5 Å². The fraction of sp³-hybridized carbons (Fsp3) is 0.188. The minimum absolute atomic E-state index is 0.247. The number of nitrogens with one attached hydrogen (secondary N) is 1. The first kappa shape index (κ1) is 13.5. The summed E-state index contributed by atoms with van der Waals surface area (Å²) in [5.74, 6) is -0.696. The molecule has 0 atom stereocenters. The molecule has 3 rings (SSSR count). The van der Waals surface area contributed by atoms with Crippen LogP contribution in [0.15, 0.2) is 42.9 Å². The molecule has 0 aliphatic carbocycles. The van der Waals surface area contributed by atoms with Gasteiger partial charge in [-0.3, -0.25) is 4.98 Å². The number of hydrogen-bond acceptors (Lipinski definition) is 3. The predicted octanol–water partition coefficient (Wildman–Crippen LogP) is 3.17. The van der Waals surface area contributed by atoms with Gasteiger partial charge >= 0.3 is 0 Å². The Kier molecular flexibility index (Phi) is 3.56. The minimum Gasteiger partial charge on any atom is -0.373 e. The number of hydrogen-bond donors (Lipinski definition) is 1. The molecule has 2 aromatic rings. The lowest BCUT2D eigenvalue weighted by molar-refractivity contribution is 0.383. The molecule has 21 heavy (non-hydrogen) atoms. The van der Waals surface area contributed by atoms with Gasteiger partial charge in [0.2, 0.25) is 0 Å². The third kappa shape index (κ3) is 2.86. The summed E-state index contributed by atoms with van der Waals surface area (Å²) in [5.41, 5.74) is 2.10. The fourth-order valence-electron chi connectivity index (χ4n) is 2.29. The predicted molar refractivity (Wildman–Crippen MR) is 77.0 cm³/mol. The highest BCUT2D eigenvalue weighted by molar-refractivity contribution is 5.60. The van der Waals surface area contributed by atoms with E-state index in [0.717, 1.165) is 5.56 Å². The summed E-state index contributed by atoms with van der Waals surface area (Å²) in [5, 5.41) is 3.05. The molecule has 1 aliphatic rings. The zero-order valence-corrected chi connectivity index (χ0v) is 11.6. The number of aryl methyl sites for hydroxylation is 1. The third-order valence-corrected chi connectivity index (χ3v) is 3.41. The van der Waals surface area contributed by atoms with E-state index in [1.807, 2.05) is 17.3 Å². The lowest BCUT2D eigenvalue weighted by Crippen LogP contribution is -2.20. The maximum absolute atomic E-state index is 14.2. The number of aromatic nitrogens is 1. The van der Waals surface area contributed by atoms with Crippen LogP contribution in [-0.2, 0) is 6.54 Å². The van der Waals surface area contributed by atoms with Crippen molar-refractivity contribution < 1.29 is 8.78 Å². The van der Waals surface area contributed by atoms with E-state index in [0.29, 0.717) is 24.3 Å². The zero-order valence-electron chi connectivity index (χ0n) is 11.6. The highest BCUT2D eigenvalue weighted by Crippen LogP contribution is 2.23. The van der Waals surface area contributed by atoms with E-state index in [4.69, 9.17) is 0 Å². The Balaban J connectivity index is 1.86. The van der Waals surface area contributed by atoms with Gasteiger partial charge in [-0.25, -0.2) is 8.78 Å². The quantitative estimate of drug-likeness (QED) is 0.940. The Hall–Kier alpha value is -2.43. The van der Waals surface area contributed by atoms with E-state index in [-0.39, 0.29) is 11.5 Å². The molecule has 2 heterocycles. The molecule has 0 spiro atoms. The van der Waals surface area contributed by atoms with Crippen LogP contribution in [0.5, 0.6) is 0 Å². The summed E-state index contributed by atoms with van der Waals surface area (Å²) in [6.45, 7) is 2.95. The Morgan fingerprint density at radius 3 is 2.76 bits per heavy atom. The van der Waals surface area contributed by atoms with Crippen molar-refractivity contribution in [3.05, 3.63) is 65.6 Å². The van der Waals surface area contributed by atoms with Crippen LogP contribution in [0.2, 0.25) is 0 Å². The molecule has 108 valence electrons. The van der Waals surface area contributed by atoms with E-state index in [2.05, 4.69) is 10.3 Å². The van der Waals surface area contributed by atoms with Crippen LogP contribution in [0.25, 0.3) is 11.3 Å². The van der Waals surface area contributed by atoms with Crippen molar-refractivity contribution in [3.8, 4) is 11.3 Å². The molecule has 5 heteroatoms. The SMILES string of the molecule is Cc1cc(-c2ncc(CN3C=CNC3)cc2F)ccc1F. The van der Waals surface area contributed by atoms with Crippen LogP contribution < -0.4 is 5.32 Å². The smallest absolute Gasteiger partial charge is 0.149 e. The van der Waals surface area contributed by atoms with Gasteiger partial charge in [-0.2, -0.15) is 0 Å². The Morgan fingerprint density at radius 2 is 2.10 bits per heavy atom. The molecule has 1 aromatic carbocycles. The summed E-state index contributed by atoms with van der Waals surface area (Å²) in [6, 6.07) is 5.96. The molecular formula is C16H15F2N3. The summed E-state index contributed by atoms with van der Waals surface area (Å²) in [4.78, 5) is 6.20. The Morgan fingerprint density at radius 1 is 1.24 bits per heavy atom. The Bertz CT molecular complexity index is 698. The highest BCUT2D eigenvalue weighted by atomic mass is 19.1. The molecule has 0 radical (unpaired) electrons. The van der Waals surface area contributed by atoms with Crippen LogP contribution in [0.1, 0.15) is 11.1 Å². The molecule has 0 unspecified atom stereocenters. The van der Waals surface area contributed by atoms with Crippen molar-refractivity contribution in [3.63, 3.8) is 0 Å². The van der Waals surface area contributed by atoms with Crippen LogP contribution in [0, 0.1) is 18.6 Å². The average molecular weight is 287 g/mol. The largest absolute Gasteiger partial charge is 0.373 e. The van der Waals surface area contributed by atoms with E-state index < -0.39 is 5.82 Å². The van der Waals surface area contributed by atoms with Crippen molar-refractivity contribution >= 4 is 0 Å². The molecule has 1 aromatic heterocycles. The van der Waals surface area contributed by atoms with Gasteiger partial charge in [0.25, 0.3) is 0 Å². The van der Waals surface area contributed by atoms with Crippen molar-refractivity contribution in [2.75, 3.05) is 6.67 Å². The summed E-state index contributed by atoms with van der Waals surface area (Å²) >= 11 is 0.